The summed E-state index contributed by atoms with van der Waals surface area (Å²) in [7, 11) is 2.00. The minimum atomic E-state index is -3.37. The first kappa shape index (κ1) is 23.4. The smallest absolute Gasteiger partial charge is 0.227 e. The first-order valence-corrected chi connectivity index (χ1v) is 11.6. The first-order valence-electron chi connectivity index (χ1n) is 9.72. The molecule has 0 spiro atoms. The zero-order valence-electron chi connectivity index (χ0n) is 18.1. The monoisotopic (exact) mass is 427 g/mol. The van der Waals surface area contributed by atoms with Crippen LogP contribution in [0.3, 0.4) is 0 Å². The predicted octanol–water partition coefficient (Wildman–Crippen LogP) is 0.793. The van der Waals surface area contributed by atoms with Crippen LogP contribution < -0.4 is 9.64 Å². The van der Waals surface area contributed by atoms with Crippen molar-refractivity contribution in [1.29, 1.82) is 0 Å². The van der Waals surface area contributed by atoms with E-state index in [2.05, 4.69) is 0 Å². The van der Waals surface area contributed by atoms with Gasteiger partial charge in [0.15, 0.2) is 0 Å². The molecule has 3 atom stereocenters. The molecule has 1 aliphatic rings. The van der Waals surface area contributed by atoms with Gasteiger partial charge in [0.25, 0.3) is 0 Å². The van der Waals surface area contributed by atoms with E-state index in [-0.39, 0.29) is 37.4 Å². The highest BCUT2D eigenvalue weighted by Gasteiger charge is 2.32. The third-order valence-electron chi connectivity index (χ3n) is 5.42. The summed E-state index contributed by atoms with van der Waals surface area (Å²) < 4.78 is 31.4. The second-order valence-corrected chi connectivity index (χ2v) is 10.2. The number of carbonyl (C=O) groups is 1. The van der Waals surface area contributed by atoms with Crippen molar-refractivity contribution in [3.05, 3.63) is 23.8 Å². The Morgan fingerprint density at radius 1 is 1.31 bits per heavy atom. The van der Waals surface area contributed by atoms with Crippen LogP contribution in [0.15, 0.2) is 18.2 Å². The fraction of sp³-hybridized carbons (Fsp3) is 0.650. The van der Waals surface area contributed by atoms with Crippen LogP contribution in [0.2, 0.25) is 0 Å². The molecule has 1 N–H and O–H groups in total. The summed E-state index contributed by atoms with van der Waals surface area (Å²) in [6, 6.07) is 5.33. The van der Waals surface area contributed by atoms with E-state index in [9.17, 15) is 18.3 Å². The molecule has 1 aromatic carbocycles. The molecule has 0 unspecified atom stereocenters. The van der Waals surface area contributed by atoms with Crippen molar-refractivity contribution in [2.45, 2.75) is 32.4 Å². The maximum atomic E-state index is 13.0. The number of benzene rings is 1. The van der Waals surface area contributed by atoms with Crippen LogP contribution in [0.5, 0.6) is 5.75 Å². The van der Waals surface area contributed by atoms with Crippen molar-refractivity contribution in [3.63, 3.8) is 0 Å². The Morgan fingerprint density at radius 2 is 1.97 bits per heavy atom. The molecule has 0 fully saturated rings. The Hall–Kier alpha value is -1.84. The normalized spacial score (nSPS) is 21.7. The summed E-state index contributed by atoms with van der Waals surface area (Å²) in [5, 5.41) is 9.63. The maximum Gasteiger partial charge on any atom is 0.227 e. The van der Waals surface area contributed by atoms with E-state index in [1.807, 2.05) is 44.1 Å². The van der Waals surface area contributed by atoms with Crippen molar-refractivity contribution >= 4 is 21.6 Å². The van der Waals surface area contributed by atoms with Gasteiger partial charge in [-0.2, -0.15) is 0 Å². The molecule has 0 saturated carbocycles. The highest BCUT2D eigenvalue weighted by molar-refractivity contribution is 7.88. The zero-order chi connectivity index (χ0) is 21.9. The molecular weight excluding hydrogens is 394 g/mol. The number of fused-ring (bicyclic) bond motifs is 1. The number of sulfonamides is 1. The molecule has 0 aliphatic carbocycles. The van der Waals surface area contributed by atoms with Crippen molar-refractivity contribution in [3.8, 4) is 5.75 Å². The quantitative estimate of drug-likeness (QED) is 0.722. The molecule has 0 aromatic heterocycles. The Balaban J connectivity index is 2.48. The van der Waals surface area contributed by atoms with Crippen molar-refractivity contribution in [1.82, 2.24) is 9.21 Å². The summed E-state index contributed by atoms with van der Waals surface area (Å²) >= 11 is 0. The van der Waals surface area contributed by atoms with Gasteiger partial charge in [-0.05, 0) is 25.1 Å². The summed E-state index contributed by atoms with van der Waals surface area (Å²) in [5.74, 6) is 0.356. The lowest BCUT2D eigenvalue weighted by molar-refractivity contribution is -0.134. The molecule has 1 aliphatic heterocycles. The number of nitrogens with zero attached hydrogens (tertiary/aromatic N) is 3. The highest BCUT2D eigenvalue weighted by Crippen LogP contribution is 2.30. The van der Waals surface area contributed by atoms with Crippen LogP contribution in [0.1, 0.15) is 19.4 Å². The Morgan fingerprint density at radius 3 is 2.52 bits per heavy atom. The molecule has 0 saturated heterocycles. The van der Waals surface area contributed by atoms with Crippen molar-refractivity contribution < 1.29 is 23.1 Å². The van der Waals surface area contributed by atoms with Gasteiger partial charge in [-0.3, -0.25) is 4.79 Å². The standard InChI is InChI=1S/C20H33N3O5S/c1-14-11-23(15(2)13-24)20(25)10-16-9-17(21(3)4)7-8-18(16)28-19(14)12-22(5)29(6,26)27/h7-9,14-15,19,24H,10-13H2,1-6H3/t14-,15-,19-/m0/s1. The largest absolute Gasteiger partial charge is 0.488 e. The number of aliphatic hydroxyl groups is 1. The lowest BCUT2D eigenvalue weighted by atomic mass is 10.0. The van der Waals surface area contributed by atoms with Crippen LogP contribution >= 0.6 is 0 Å². The Labute approximate surface area is 174 Å². The van der Waals surface area contributed by atoms with Crippen LogP contribution in [0.4, 0.5) is 5.69 Å². The molecule has 1 aromatic rings. The highest BCUT2D eigenvalue weighted by atomic mass is 32.2. The lowest BCUT2D eigenvalue weighted by Gasteiger charge is -2.33. The fourth-order valence-corrected chi connectivity index (χ4v) is 3.72. The van der Waals surface area contributed by atoms with Gasteiger partial charge >= 0.3 is 0 Å². The molecule has 0 radical (unpaired) electrons. The number of aliphatic hydroxyl groups excluding tert-OH is 1. The van der Waals surface area contributed by atoms with Gasteiger partial charge < -0.3 is 19.6 Å². The molecular formula is C20H33N3O5S. The number of carbonyl (C=O) groups excluding carboxylic acids is 1. The predicted molar refractivity (Wildman–Crippen MR) is 114 cm³/mol. The second-order valence-electron chi connectivity index (χ2n) is 8.12. The molecule has 1 heterocycles. The summed E-state index contributed by atoms with van der Waals surface area (Å²) in [5.41, 5.74) is 1.69. The van der Waals surface area contributed by atoms with E-state index < -0.39 is 16.1 Å². The van der Waals surface area contributed by atoms with Gasteiger partial charge in [0.05, 0.1) is 31.9 Å². The number of hydrogen-bond donors (Lipinski definition) is 1. The topological polar surface area (TPSA) is 90.4 Å². The van der Waals surface area contributed by atoms with E-state index in [1.165, 1.54) is 11.4 Å². The number of hydrogen-bond acceptors (Lipinski definition) is 6. The van der Waals surface area contributed by atoms with Gasteiger partial charge in [0.1, 0.15) is 11.9 Å². The SMILES string of the molecule is C[C@H]1CN([C@@H](C)CO)C(=O)Cc2cc(N(C)C)ccc2O[C@H]1CN(C)S(C)(=O)=O. The molecule has 1 amide bonds. The number of ether oxygens (including phenoxy) is 1. The lowest BCUT2D eigenvalue weighted by Crippen LogP contribution is -2.48. The van der Waals surface area contributed by atoms with E-state index in [1.54, 1.807) is 11.8 Å². The van der Waals surface area contributed by atoms with Crippen LogP contribution in [0, 0.1) is 5.92 Å². The molecule has 9 heteroatoms. The fourth-order valence-electron chi connectivity index (χ4n) is 3.30. The number of rotatable bonds is 6. The maximum absolute atomic E-state index is 13.0. The third kappa shape index (κ3) is 5.83. The van der Waals surface area contributed by atoms with Crippen molar-refractivity contribution in [2.24, 2.45) is 5.92 Å². The van der Waals surface area contributed by atoms with E-state index >= 15 is 0 Å². The van der Waals surface area contributed by atoms with Gasteiger partial charge in [-0.15, -0.1) is 0 Å². The van der Waals surface area contributed by atoms with Gasteiger partial charge in [-0.1, -0.05) is 6.92 Å². The third-order valence-corrected chi connectivity index (χ3v) is 6.70. The van der Waals surface area contributed by atoms with E-state index in [0.29, 0.717) is 12.3 Å². The van der Waals surface area contributed by atoms with Crippen LogP contribution in [-0.2, 0) is 21.2 Å². The van der Waals surface area contributed by atoms with E-state index in [0.717, 1.165) is 17.5 Å². The van der Waals surface area contributed by atoms with Crippen LogP contribution in [0.25, 0.3) is 0 Å². The molecule has 29 heavy (non-hydrogen) atoms. The summed E-state index contributed by atoms with van der Waals surface area (Å²) in [4.78, 5) is 16.7. The zero-order valence-corrected chi connectivity index (χ0v) is 18.9. The number of amides is 1. The van der Waals surface area contributed by atoms with Crippen LogP contribution in [-0.4, -0.2) is 87.9 Å². The number of likely N-dealkylation sites (N-methyl/N-ethyl adjacent to an activating group) is 1. The molecule has 8 nitrogen and oxygen atoms in total. The second kappa shape index (κ2) is 9.32. The summed E-state index contributed by atoms with van der Waals surface area (Å²) in [6.07, 6.45) is 0.870. The molecule has 164 valence electrons. The molecule has 2 rings (SSSR count). The van der Waals surface area contributed by atoms with Crippen molar-refractivity contribution in [2.75, 3.05) is 52.0 Å². The summed E-state index contributed by atoms with van der Waals surface area (Å²) in [6.45, 7) is 4.14. The minimum absolute atomic E-state index is 0.0868. The van der Waals surface area contributed by atoms with E-state index in [4.69, 9.17) is 4.74 Å². The average molecular weight is 428 g/mol. The first-order chi connectivity index (χ1) is 13.4. The Bertz CT molecular complexity index is 827. The van der Waals surface area contributed by atoms with Gasteiger partial charge in [0, 0.05) is 44.9 Å². The molecule has 0 bridgehead atoms. The number of anilines is 1. The minimum Gasteiger partial charge on any atom is -0.488 e. The van der Waals surface area contributed by atoms with Gasteiger partial charge in [0.2, 0.25) is 15.9 Å². The Kier molecular flexibility index (Phi) is 7.53. The van der Waals surface area contributed by atoms with Gasteiger partial charge in [-0.25, -0.2) is 12.7 Å². The average Bonchev–Trinajstić information content (AvgIpc) is 2.68.